The van der Waals surface area contributed by atoms with E-state index in [4.69, 9.17) is 21.1 Å². The molecule has 1 aromatic carbocycles. The maximum absolute atomic E-state index is 12.1. The van der Waals surface area contributed by atoms with Gasteiger partial charge < -0.3 is 9.47 Å². The van der Waals surface area contributed by atoms with Gasteiger partial charge in [0, 0.05) is 10.9 Å². The molecule has 2 saturated heterocycles. The molecular formula is C15H17ClO3. The average Bonchev–Trinajstić information content (AvgIpc) is 2.80. The second-order valence-corrected chi connectivity index (χ2v) is 5.75. The van der Waals surface area contributed by atoms with Gasteiger partial charge in [-0.1, -0.05) is 23.7 Å². The van der Waals surface area contributed by atoms with Gasteiger partial charge >= 0.3 is 5.97 Å². The molecule has 3 rings (SSSR count). The summed E-state index contributed by atoms with van der Waals surface area (Å²) in [7, 11) is 1.45. The molecule has 0 aliphatic carbocycles. The zero-order chi connectivity index (χ0) is 13.4. The number of hydrogen-bond donors (Lipinski definition) is 0. The van der Waals surface area contributed by atoms with Crippen molar-refractivity contribution in [3.63, 3.8) is 0 Å². The van der Waals surface area contributed by atoms with Gasteiger partial charge in [0.05, 0.1) is 25.2 Å². The van der Waals surface area contributed by atoms with E-state index in [9.17, 15) is 4.79 Å². The zero-order valence-corrected chi connectivity index (χ0v) is 11.6. The van der Waals surface area contributed by atoms with Crippen LogP contribution in [0.1, 0.15) is 30.7 Å². The molecule has 4 heteroatoms. The molecule has 2 aliphatic rings. The third kappa shape index (κ3) is 2.37. The van der Waals surface area contributed by atoms with Crippen molar-refractivity contribution in [3.8, 4) is 0 Å². The topological polar surface area (TPSA) is 35.5 Å². The predicted octanol–water partition coefficient (Wildman–Crippen LogP) is 3.16. The second kappa shape index (κ2) is 5.14. The Labute approximate surface area is 117 Å². The van der Waals surface area contributed by atoms with E-state index in [2.05, 4.69) is 0 Å². The molecule has 2 fully saturated rings. The second-order valence-electron chi connectivity index (χ2n) is 5.32. The van der Waals surface area contributed by atoms with Crippen molar-refractivity contribution in [3.05, 3.63) is 34.9 Å². The van der Waals surface area contributed by atoms with E-state index >= 15 is 0 Å². The first kappa shape index (κ1) is 12.9. The molecule has 2 bridgehead atoms. The number of benzene rings is 1. The highest BCUT2D eigenvalue weighted by Gasteiger charge is 2.47. The van der Waals surface area contributed by atoms with E-state index in [-0.39, 0.29) is 30.0 Å². The molecule has 19 heavy (non-hydrogen) atoms. The lowest BCUT2D eigenvalue weighted by Gasteiger charge is -2.35. The number of esters is 1. The van der Waals surface area contributed by atoms with Crippen LogP contribution in [-0.4, -0.2) is 25.3 Å². The monoisotopic (exact) mass is 280 g/mol. The first-order valence-electron chi connectivity index (χ1n) is 6.68. The third-order valence-corrected chi connectivity index (χ3v) is 4.51. The van der Waals surface area contributed by atoms with Crippen LogP contribution in [0.15, 0.2) is 24.3 Å². The van der Waals surface area contributed by atoms with Crippen molar-refractivity contribution in [2.75, 3.05) is 7.11 Å². The molecule has 0 N–H and O–H groups in total. The van der Waals surface area contributed by atoms with Crippen molar-refractivity contribution >= 4 is 17.6 Å². The zero-order valence-electron chi connectivity index (χ0n) is 10.8. The van der Waals surface area contributed by atoms with Gasteiger partial charge in [-0.15, -0.1) is 0 Å². The van der Waals surface area contributed by atoms with Gasteiger partial charge in [0.1, 0.15) is 0 Å². The average molecular weight is 281 g/mol. The molecule has 1 aromatic rings. The third-order valence-electron chi connectivity index (χ3n) is 4.26. The minimum Gasteiger partial charge on any atom is -0.469 e. The van der Waals surface area contributed by atoms with Gasteiger partial charge in [-0.2, -0.15) is 0 Å². The Balaban J connectivity index is 1.92. The van der Waals surface area contributed by atoms with Crippen LogP contribution in [0.2, 0.25) is 5.02 Å². The van der Waals surface area contributed by atoms with Crippen molar-refractivity contribution in [1.82, 2.24) is 0 Å². The normalized spacial score (nSPS) is 33.2. The summed E-state index contributed by atoms with van der Waals surface area (Å²) in [6.07, 6.45) is 3.17. The van der Waals surface area contributed by atoms with Gasteiger partial charge in [-0.25, -0.2) is 0 Å². The molecule has 0 amide bonds. The lowest BCUT2D eigenvalue weighted by Crippen LogP contribution is -2.39. The number of carbonyl (C=O) groups is 1. The van der Waals surface area contributed by atoms with Crippen LogP contribution >= 0.6 is 11.6 Å². The van der Waals surface area contributed by atoms with E-state index in [0.717, 1.165) is 24.8 Å². The molecule has 2 heterocycles. The Hall–Kier alpha value is -1.06. The van der Waals surface area contributed by atoms with Gasteiger partial charge in [0.2, 0.25) is 0 Å². The minimum atomic E-state index is -0.190. The molecular weight excluding hydrogens is 264 g/mol. The number of ether oxygens (including phenoxy) is 2. The summed E-state index contributed by atoms with van der Waals surface area (Å²) in [6, 6.07) is 7.77. The van der Waals surface area contributed by atoms with E-state index in [0.29, 0.717) is 5.02 Å². The maximum Gasteiger partial charge on any atom is 0.311 e. The summed E-state index contributed by atoms with van der Waals surface area (Å²) in [5.74, 6) is -0.175. The Morgan fingerprint density at radius 2 is 2.05 bits per heavy atom. The largest absolute Gasteiger partial charge is 0.469 e. The number of methoxy groups -OCH3 is 1. The Kier molecular flexibility index (Phi) is 3.50. The first-order chi connectivity index (χ1) is 9.19. The van der Waals surface area contributed by atoms with Gasteiger partial charge in [0.15, 0.2) is 0 Å². The summed E-state index contributed by atoms with van der Waals surface area (Å²) < 4.78 is 10.9. The lowest BCUT2D eigenvalue weighted by atomic mass is 9.79. The summed E-state index contributed by atoms with van der Waals surface area (Å²) in [5.41, 5.74) is 1.15. The van der Waals surface area contributed by atoms with Crippen LogP contribution in [0.3, 0.4) is 0 Å². The molecule has 4 unspecified atom stereocenters. The SMILES string of the molecule is COC(=O)C1C2CCC(CC1c1ccc(Cl)cc1)O2. The smallest absolute Gasteiger partial charge is 0.311 e. The summed E-state index contributed by atoms with van der Waals surface area (Å²) >= 11 is 5.93. The Morgan fingerprint density at radius 1 is 1.32 bits per heavy atom. The standard InChI is InChI=1S/C15H17ClO3/c1-18-15(17)14-12(8-11-6-7-13(14)19-11)9-2-4-10(16)5-3-9/h2-5,11-14H,6-8H2,1H3. The fourth-order valence-electron chi connectivity index (χ4n) is 3.37. The van der Waals surface area contributed by atoms with Crippen molar-refractivity contribution < 1.29 is 14.3 Å². The molecule has 3 nitrogen and oxygen atoms in total. The molecule has 0 aromatic heterocycles. The fourth-order valence-corrected chi connectivity index (χ4v) is 3.49. The van der Waals surface area contributed by atoms with Crippen LogP contribution in [0.4, 0.5) is 0 Å². The van der Waals surface area contributed by atoms with Crippen molar-refractivity contribution in [2.24, 2.45) is 5.92 Å². The van der Waals surface area contributed by atoms with Gasteiger partial charge in [0.25, 0.3) is 0 Å². The lowest BCUT2D eigenvalue weighted by molar-refractivity contribution is -0.156. The first-order valence-corrected chi connectivity index (χ1v) is 7.05. The minimum absolute atomic E-state index is 0.00637. The van der Waals surface area contributed by atoms with Crippen LogP contribution in [0.5, 0.6) is 0 Å². The number of fused-ring (bicyclic) bond motifs is 2. The fraction of sp³-hybridized carbons (Fsp3) is 0.533. The molecule has 0 spiro atoms. The summed E-state index contributed by atoms with van der Waals surface area (Å²) in [5, 5.41) is 0.716. The van der Waals surface area contributed by atoms with E-state index < -0.39 is 0 Å². The highest BCUT2D eigenvalue weighted by molar-refractivity contribution is 6.30. The van der Waals surface area contributed by atoms with E-state index in [1.165, 1.54) is 7.11 Å². The number of hydrogen-bond acceptors (Lipinski definition) is 3. The van der Waals surface area contributed by atoms with Gasteiger partial charge in [-0.3, -0.25) is 4.79 Å². The quantitative estimate of drug-likeness (QED) is 0.781. The highest BCUT2D eigenvalue weighted by atomic mass is 35.5. The number of rotatable bonds is 2. The van der Waals surface area contributed by atoms with Crippen molar-refractivity contribution in [2.45, 2.75) is 37.4 Å². The molecule has 2 aliphatic heterocycles. The maximum atomic E-state index is 12.1. The molecule has 102 valence electrons. The van der Waals surface area contributed by atoms with E-state index in [1.807, 2.05) is 24.3 Å². The Morgan fingerprint density at radius 3 is 2.74 bits per heavy atom. The molecule has 4 atom stereocenters. The van der Waals surface area contributed by atoms with Crippen LogP contribution < -0.4 is 0 Å². The molecule has 0 saturated carbocycles. The highest BCUT2D eigenvalue weighted by Crippen LogP contribution is 2.45. The summed E-state index contributed by atoms with van der Waals surface area (Å²) in [4.78, 5) is 12.1. The number of carbonyl (C=O) groups excluding carboxylic acids is 1. The number of halogens is 1. The summed E-state index contributed by atoms with van der Waals surface area (Å²) in [6.45, 7) is 0. The molecule has 0 radical (unpaired) electrons. The van der Waals surface area contributed by atoms with Gasteiger partial charge in [-0.05, 0) is 37.0 Å². The van der Waals surface area contributed by atoms with Crippen LogP contribution in [0, 0.1) is 5.92 Å². The van der Waals surface area contributed by atoms with Crippen LogP contribution in [-0.2, 0) is 14.3 Å². The van der Waals surface area contributed by atoms with E-state index in [1.54, 1.807) is 0 Å². The Bertz CT molecular complexity index is 471. The van der Waals surface area contributed by atoms with Crippen molar-refractivity contribution in [1.29, 1.82) is 0 Å². The van der Waals surface area contributed by atoms with Crippen LogP contribution in [0.25, 0.3) is 0 Å². The predicted molar refractivity (Wildman–Crippen MR) is 72.2 cm³/mol.